The number of rotatable bonds is 5. The number of nitrogens with one attached hydrogen (secondary N) is 1. The molecule has 2 aliphatic rings. The first-order chi connectivity index (χ1) is 16.4. The molecule has 2 amide bonds. The third kappa shape index (κ3) is 3.85. The molecule has 6 heteroatoms. The summed E-state index contributed by atoms with van der Waals surface area (Å²) in [5.41, 5.74) is 4.74. The lowest BCUT2D eigenvalue weighted by Crippen LogP contribution is -2.33. The molecule has 172 valence electrons. The van der Waals surface area contributed by atoms with E-state index in [9.17, 15) is 14.0 Å². The van der Waals surface area contributed by atoms with Gasteiger partial charge < -0.3 is 10.2 Å². The molecule has 3 aromatic rings. The second-order valence-corrected chi connectivity index (χ2v) is 8.83. The minimum absolute atomic E-state index is 0.0547. The van der Waals surface area contributed by atoms with Gasteiger partial charge in [-0.25, -0.2) is 9.29 Å². The number of aryl methyl sites for hydroxylation is 2. The van der Waals surface area contributed by atoms with E-state index in [1.54, 1.807) is 6.07 Å². The average molecular weight is 456 g/mol. The molecule has 0 saturated carbocycles. The molecule has 0 radical (unpaired) electrons. The predicted molar refractivity (Wildman–Crippen MR) is 133 cm³/mol. The third-order valence-electron chi connectivity index (χ3n) is 6.44. The first kappa shape index (κ1) is 21.9. The lowest BCUT2D eigenvalue weighted by atomic mass is 9.97. The van der Waals surface area contributed by atoms with Gasteiger partial charge in [0.1, 0.15) is 11.5 Å². The third-order valence-corrected chi connectivity index (χ3v) is 6.44. The number of para-hydroxylation sites is 1. The summed E-state index contributed by atoms with van der Waals surface area (Å²) in [7, 11) is 0. The van der Waals surface area contributed by atoms with Gasteiger partial charge in [0.05, 0.1) is 11.3 Å². The Hall–Kier alpha value is -3.93. The molecule has 5 nitrogen and oxygen atoms in total. The Labute approximate surface area is 198 Å². The van der Waals surface area contributed by atoms with E-state index >= 15 is 0 Å². The number of carbonyl (C=O) groups is 2. The number of imide groups is 1. The molecule has 0 spiro atoms. The Balaban J connectivity index is 1.56. The highest BCUT2D eigenvalue weighted by atomic mass is 19.1. The number of amides is 2. The van der Waals surface area contributed by atoms with Crippen LogP contribution in [-0.4, -0.2) is 24.9 Å². The topological polar surface area (TPSA) is 52.7 Å². The summed E-state index contributed by atoms with van der Waals surface area (Å²) in [6.07, 6.45) is 2.38. The standard InChI is InChI=1S/C28H26FN3O2/c1-18-9-14-22(19(2)17-18)25-26(28(34)32(27(25)33)24-8-4-3-7-23(24)29)30-20-10-12-21(13-11-20)31-15-5-6-16-31/h3-4,7-14,17,30H,5-6,15-16H2,1-2H3. The number of hydrogen-bond donors (Lipinski definition) is 1. The van der Waals surface area contributed by atoms with Gasteiger partial charge in [0.15, 0.2) is 0 Å². The smallest absolute Gasteiger partial charge is 0.282 e. The van der Waals surface area contributed by atoms with Crippen molar-refractivity contribution in [2.45, 2.75) is 26.7 Å². The van der Waals surface area contributed by atoms with E-state index in [-0.39, 0.29) is 17.0 Å². The van der Waals surface area contributed by atoms with Crippen molar-refractivity contribution in [1.29, 1.82) is 0 Å². The largest absolute Gasteiger partial charge is 0.372 e. The van der Waals surface area contributed by atoms with Gasteiger partial charge in [-0.1, -0.05) is 35.9 Å². The molecule has 2 aliphatic heterocycles. The molecule has 0 atom stereocenters. The molecule has 5 rings (SSSR count). The van der Waals surface area contributed by atoms with E-state index in [1.165, 1.54) is 31.0 Å². The number of hydrogen-bond acceptors (Lipinski definition) is 4. The van der Waals surface area contributed by atoms with Crippen LogP contribution in [0.15, 0.2) is 72.4 Å². The van der Waals surface area contributed by atoms with Gasteiger partial charge >= 0.3 is 0 Å². The average Bonchev–Trinajstić information content (AvgIpc) is 3.43. The van der Waals surface area contributed by atoms with Crippen molar-refractivity contribution in [2.24, 2.45) is 0 Å². The van der Waals surface area contributed by atoms with Crippen LogP contribution in [0.1, 0.15) is 29.5 Å². The van der Waals surface area contributed by atoms with Crippen molar-refractivity contribution in [2.75, 3.05) is 28.2 Å². The van der Waals surface area contributed by atoms with Crippen LogP contribution in [0.5, 0.6) is 0 Å². The summed E-state index contributed by atoms with van der Waals surface area (Å²) in [6, 6.07) is 19.4. The van der Waals surface area contributed by atoms with Crippen LogP contribution in [0.25, 0.3) is 5.57 Å². The van der Waals surface area contributed by atoms with Crippen LogP contribution in [0.3, 0.4) is 0 Å². The SMILES string of the molecule is Cc1ccc(C2=C(Nc3ccc(N4CCCC4)cc3)C(=O)N(c3ccccc3F)C2=O)c(C)c1. The van der Waals surface area contributed by atoms with Crippen LogP contribution in [0.4, 0.5) is 21.5 Å². The monoisotopic (exact) mass is 455 g/mol. The minimum Gasteiger partial charge on any atom is -0.372 e. The molecule has 1 fully saturated rings. The first-order valence-corrected chi connectivity index (χ1v) is 11.5. The van der Waals surface area contributed by atoms with Crippen LogP contribution in [0, 0.1) is 19.7 Å². The van der Waals surface area contributed by atoms with Gasteiger partial charge in [-0.05, 0) is 74.2 Å². The first-order valence-electron chi connectivity index (χ1n) is 11.5. The summed E-state index contributed by atoms with van der Waals surface area (Å²) in [4.78, 5) is 30.3. The zero-order valence-corrected chi connectivity index (χ0v) is 19.3. The van der Waals surface area contributed by atoms with Crippen molar-refractivity contribution in [3.63, 3.8) is 0 Å². The number of anilines is 3. The summed E-state index contributed by atoms with van der Waals surface area (Å²) in [6.45, 7) is 5.96. The number of halogens is 1. The zero-order valence-electron chi connectivity index (χ0n) is 19.3. The highest BCUT2D eigenvalue weighted by Crippen LogP contribution is 2.36. The number of nitrogens with zero attached hydrogens (tertiary/aromatic N) is 2. The molecule has 0 bridgehead atoms. The maximum Gasteiger partial charge on any atom is 0.282 e. The molecule has 0 unspecified atom stereocenters. The quantitative estimate of drug-likeness (QED) is 0.521. The molecule has 1 saturated heterocycles. The summed E-state index contributed by atoms with van der Waals surface area (Å²) in [5, 5.41) is 3.18. The van der Waals surface area contributed by atoms with E-state index in [1.807, 2.05) is 56.3 Å². The summed E-state index contributed by atoms with van der Waals surface area (Å²) < 4.78 is 14.6. The van der Waals surface area contributed by atoms with E-state index in [2.05, 4.69) is 10.2 Å². The zero-order chi connectivity index (χ0) is 23.8. The fraction of sp³-hybridized carbons (Fsp3) is 0.214. The maximum atomic E-state index is 14.6. The normalized spacial score (nSPS) is 16.1. The molecule has 0 aliphatic carbocycles. The Morgan fingerprint density at radius 3 is 2.24 bits per heavy atom. The number of benzene rings is 3. The Kier molecular flexibility index (Phi) is 5.65. The summed E-state index contributed by atoms with van der Waals surface area (Å²) >= 11 is 0. The van der Waals surface area contributed by atoms with Gasteiger partial charge in [-0.3, -0.25) is 9.59 Å². The van der Waals surface area contributed by atoms with Crippen molar-refractivity contribution >= 4 is 34.4 Å². The van der Waals surface area contributed by atoms with Crippen LogP contribution >= 0.6 is 0 Å². The second-order valence-electron chi connectivity index (χ2n) is 8.83. The molecule has 2 heterocycles. The fourth-order valence-electron chi connectivity index (χ4n) is 4.72. The van der Waals surface area contributed by atoms with Gasteiger partial charge in [0, 0.05) is 24.5 Å². The molecular formula is C28H26FN3O2. The van der Waals surface area contributed by atoms with Crippen LogP contribution in [0.2, 0.25) is 0 Å². The van der Waals surface area contributed by atoms with Crippen LogP contribution in [-0.2, 0) is 9.59 Å². The van der Waals surface area contributed by atoms with Gasteiger partial charge in [0.2, 0.25) is 0 Å². The van der Waals surface area contributed by atoms with E-state index in [0.29, 0.717) is 11.3 Å². The Morgan fingerprint density at radius 1 is 0.853 bits per heavy atom. The molecule has 1 N–H and O–H groups in total. The fourth-order valence-corrected chi connectivity index (χ4v) is 4.72. The predicted octanol–water partition coefficient (Wildman–Crippen LogP) is 5.44. The van der Waals surface area contributed by atoms with Gasteiger partial charge in [-0.15, -0.1) is 0 Å². The lowest BCUT2D eigenvalue weighted by Gasteiger charge is -2.18. The van der Waals surface area contributed by atoms with Crippen LogP contribution < -0.4 is 15.1 Å². The molecule has 3 aromatic carbocycles. The van der Waals surface area contributed by atoms with Gasteiger partial charge in [0.25, 0.3) is 11.8 Å². The highest BCUT2D eigenvalue weighted by molar-refractivity contribution is 6.46. The molecular weight excluding hydrogens is 429 g/mol. The van der Waals surface area contributed by atoms with E-state index < -0.39 is 17.6 Å². The molecule has 0 aromatic heterocycles. The highest BCUT2D eigenvalue weighted by Gasteiger charge is 2.41. The second kappa shape index (κ2) is 8.78. The van der Waals surface area contributed by atoms with Crippen molar-refractivity contribution in [3.05, 3.63) is 94.9 Å². The van der Waals surface area contributed by atoms with Crippen molar-refractivity contribution < 1.29 is 14.0 Å². The van der Waals surface area contributed by atoms with E-state index in [0.717, 1.165) is 34.8 Å². The van der Waals surface area contributed by atoms with Gasteiger partial charge in [-0.2, -0.15) is 0 Å². The Bertz CT molecular complexity index is 1310. The minimum atomic E-state index is -0.625. The summed E-state index contributed by atoms with van der Waals surface area (Å²) in [5.74, 6) is -1.74. The Morgan fingerprint density at radius 2 is 1.56 bits per heavy atom. The maximum absolute atomic E-state index is 14.6. The van der Waals surface area contributed by atoms with Crippen molar-refractivity contribution in [3.8, 4) is 0 Å². The van der Waals surface area contributed by atoms with E-state index in [4.69, 9.17) is 0 Å². The lowest BCUT2D eigenvalue weighted by molar-refractivity contribution is -0.120. The molecule has 34 heavy (non-hydrogen) atoms. The van der Waals surface area contributed by atoms with Crippen molar-refractivity contribution in [1.82, 2.24) is 0 Å². The number of carbonyl (C=O) groups excluding carboxylic acids is 2.